The quantitative estimate of drug-likeness (QED) is 0.148. The number of esters is 2. The number of non-ortho nitro benzene ring substituents is 1. The zero-order valence-corrected chi connectivity index (χ0v) is 23.1. The maximum absolute atomic E-state index is 13.4. The zero-order chi connectivity index (χ0) is 29.1. The van der Waals surface area contributed by atoms with Crippen LogP contribution in [0.2, 0.25) is 0 Å². The van der Waals surface area contributed by atoms with E-state index in [1.807, 2.05) is 31.2 Å². The third kappa shape index (κ3) is 7.69. The molecule has 2 aromatic rings. The van der Waals surface area contributed by atoms with Gasteiger partial charge in [0.05, 0.1) is 42.3 Å². The Hall–Kier alpha value is -4.18. The summed E-state index contributed by atoms with van der Waals surface area (Å²) < 4.78 is 16.4. The van der Waals surface area contributed by atoms with Crippen molar-refractivity contribution >= 4 is 17.6 Å². The Balaban J connectivity index is 1.71. The average molecular weight is 553 g/mol. The molecular formula is C30H36N2O8. The van der Waals surface area contributed by atoms with Gasteiger partial charge < -0.3 is 24.6 Å². The highest BCUT2D eigenvalue weighted by Gasteiger charge is 2.38. The molecular weight excluding hydrogens is 516 g/mol. The van der Waals surface area contributed by atoms with Crippen LogP contribution in [0.25, 0.3) is 0 Å². The van der Waals surface area contributed by atoms with Gasteiger partial charge in [-0.15, -0.1) is 0 Å². The van der Waals surface area contributed by atoms with Gasteiger partial charge in [0.2, 0.25) is 0 Å². The highest BCUT2D eigenvalue weighted by molar-refractivity contribution is 6.00. The number of carbonyl (C=O) groups excluding carboxylic acids is 2. The van der Waals surface area contributed by atoms with Crippen LogP contribution >= 0.6 is 0 Å². The van der Waals surface area contributed by atoms with Crippen molar-refractivity contribution in [2.24, 2.45) is 0 Å². The molecule has 1 unspecified atom stereocenters. The van der Waals surface area contributed by atoms with Crippen molar-refractivity contribution in [3.8, 4) is 5.75 Å². The molecule has 10 nitrogen and oxygen atoms in total. The van der Waals surface area contributed by atoms with Gasteiger partial charge in [-0.2, -0.15) is 0 Å². The second-order valence-corrected chi connectivity index (χ2v) is 9.35. The molecule has 2 aromatic carbocycles. The molecule has 0 radical (unpaired) electrons. The summed E-state index contributed by atoms with van der Waals surface area (Å²) in [5, 5.41) is 23.5. The number of hydrogen-bond donors (Lipinski definition) is 2. The van der Waals surface area contributed by atoms with Crippen LogP contribution in [-0.2, 0) is 25.5 Å². The summed E-state index contributed by atoms with van der Waals surface area (Å²) in [7, 11) is 1.25. The summed E-state index contributed by atoms with van der Waals surface area (Å²) in [5.41, 5.74) is 2.91. The van der Waals surface area contributed by atoms with E-state index in [1.54, 1.807) is 13.0 Å². The van der Waals surface area contributed by atoms with Crippen LogP contribution < -0.4 is 10.1 Å². The number of nitrogens with zero attached hydrogens (tertiary/aromatic N) is 1. The molecule has 0 bridgehead atoms. The van der Waals surface area contributed by atoms with Gasteiger partial charge in [-0.1, -0.05) is 31.2 Å². The normalized spacial score (nSPS) is 14.9. The number of hydrogen-bond acceptors (Lipinski definition) is 9. The van der Waals surface area contributed by atoms with Crippen molar-refractivity contribution < 1.29 is 33.8 Å². The molecule has 0 spiro atoms. The molecule has 2 N–H and O–H groups in total. The van der Waals surface area contributed by atoms with Crippen LogP contribution in [0.5, 0.6) is 5.75 Å². The number of aliphatic hydroxyl groups is 1. The van der Waals surface area contributed by atoms with E-state index in [-0.39, 0.29) is 30.0 Å². The van der Waals surface area contributed by atoms with Crippen LogP contribution in [0.4, 0.5) is 5.69 Å². The second kappa shape index (κ2) is 14.8. The van der Waals surface area contributed by atoms with Crippen LogP contribution in [0.15, 0.2) is 71.1 Å². The molecule has 0 aromatic heterocycles. The monoisotopic (exact) mass is 552 g/mol. The minimum atomic E-state index is -0.900. The summed E-state index contributed by atoms with van der Waals surface area (Å²) in [6, 6.07) is 13.6. The van der Waals surface area contributed by atoms with Gasteiger partial charge in [-0.25, -0.2) is 9.59 Å². The minimum Gasteiger partial charge on any atom is -0.493 e. The highest BCUT2D eigenvalue weighted by atomic mass is 16.6. The molecule has 0 fully saturated rings. The molecule has 40 heavy (non-hydrogen) atoms. The predicted molar refractivity (Wildman–Crippen MR) is 149 cm³/mol. The molecule has 0 amide bonds. The first-order valence-corrected chi connectivity index (χ1v) is 13.3. The number of dihydropyridines is 1. The van der Waals surface area contributed by atoms with Gasteiger partial charge in [0.15, 0.2) is 0 Å². The number of nitro groups is 1. The summed E-state index contributed by atoms with van der Waals surface area (Å²) in [4.78, 5) is 37.2. The van der Waals surface area contributed by atoms with Gasteiger partial charge in [-0.3, -0.25) is 10.1 Å². The number of allylic oxidation sites excluding steroid dienone is 2. The van der Waals surface area contributed by atoms with E-state index < -0.39 is 22.8 Å². The molecule has 1 atom stereocenters. The largest absolute Gasteiger partial charge is 0.493 e. The van der Waals surface area contributed by atoms with E-state index in [4.69, 9.17) is 19.3 Å². The molecule has 1 heterocycles. The van der Waals surface area contributed by atoms with Crippen molar-refractivity contribution in [2.45, 2.75) is 51.9 Å². The zero-order valence-electron chi connectivity index (χ0n) is 23.1. The lowest BCUT2D eigenvalue weighted by Crippen LogP contribution is -2.33. The average Bonchev–Trinajstić information content (AvgIpc) is 2.96. The Labute approximate surface area is 233 Å². The predicted octanol–water partition coefficient (Wildman–Crippen LogP) is 4.72. The summed E-state index contributed by atoms with van der Waals surface area (Å²) in [5.74, 6) is -1.46. The van der Waals surface area contributed by atoms with E-state index in [9.17, 15) is 19.7 Å². The van der Waals surface area contributed by atoms with E-state index in [0.717, 1.165) is 19.3 Å². The molecule has 0 saturated heterocycles. The van der Waals surface area contributed by atoms with E-state index in [2.05, 4.69) is 5.32 Å². The smallest absolute Gasteiger partial charge is 0.336 e. The van der Waals surface area contributed by atoms with Crippen molar-refractivity contribution in [1.82, 2.24) is 5.32 Å². The van der Waals surface area contributed by atoms with Crippen LogP contribution in [-0.4, -0.2) is 48.9 Å². The molecule has 0 aliphatic carbocycles. The Morgan fingerprint density at radius 2 is 1.77 bits per heavy atom. The van der Waals surface area contributed by atoms with E-state index in [1.165, 1.54) is 30.9 Å². The Bertz CT molecular complexity index is 1270. The van der Waals surface area contributed by atoms with Gasteiger partial charge in [0.1, 0.15) is 5.75 Å². The maximum Gasteiger partial charge on any atom is 0.336 e. The number of nitrogens with one attached hydrogen (secondary N) is 1. The molecule has 0 saturated carbocycles. The van der Waals surface area contributed by atoms with Gasteiger partial charge >= 0.3 is 11.9 Å². The molecule has 3 rings (SSSR count). The summed E-state index contributed by atoms with van der Waals surface area (Å²) >= 11 is 0. The number of rotatable bonds is 14. The number of aliphatic hydroxyl groups excluding tert-OH is 1. The fraction of sp³-hybridized carbons (Fsp3) is 0.400. The SMILES string of the molecule is CCC1=C(C(=O)OCCCOc2ccc(CCCCO)cc2)C(c2cccc([N+](=O)[O-])c2)C(C(=O)OC)=C(C)N1. The lowest BCUT2D eigenvalue weighted by molar-refractivity contribution is -0.384. The first kappa shape index (κ1) is 30.4. The molecule has 10 heteroatoms. The third-order valence-corrected chi connectivity index (χ3v) is 6.63. The van der Waals surface area contributed by atoms with Crippen molar-refractivity contribution in [1.29, 1.82) is 0 Å². The maximum atomic E-state index is 13.4. The number of ether oxygens (including phenoxy) is 3. The van der Waals surface area contributed by atoms with Crippen molar-refractivity contribution in [3.63, 3.8) is 0 Å². The Morgan fingerprint density at radius 3 is 2.42 bits per heavy atom. The van der Waals surface area contributed by atoms with Gasteiger partial charge in [0.25, 0.3) is 5.69 Å². The molecule has 1 aliphatic heterocycles. The van der Waals surface area contributed by atoms with Gasteiger partial charge in [-0.05, 0) is 55.9 Å². The highest BCUT2D eigenvalue weighted by Crippen LogP contribution is 2.40. The Kier molecular flexibility index (Phi) is 11.3. The second-order valence-electron chi connectivity index (χ2n) is 9.35. The van der Waals surface area contributed by atoms with Crippen LogP contribution in [0.3, 0.4) is 0 Å². The van der Waals surface area contributed by atoms with Crippen LogP contribution in [0.1, 0.15) is 56.6 Å². The summed E-state index contributed by atoms with van der Waals surface area (Å²) in [6.07, 6.45) is 3.47. The first-order valence-electron chi connectivity index (χ1n) is 13.3. The third-order valence-electron chi connectivity index (χ3n) is 6.63. The van der Waals surface area contributed by atoms with E-state index in [0.29, 0.717) is 42.2 Å². The first-order chi connectivity index (χ1) is 19.3. The topological polar surface area (TPSA) is 137 Å². The lowest BCUT2D eigenvalue weighted by Gasteiger charge is -2.31. The van der Waals surface area contributed by atoms with Crippen molar-refractivity contribution in [3.05, 3.63) is 92.3 Å². The number of unbranched alkanes of at least 4 members (excludes halogenated alkanes) is 1. The number of methoxy groups -OCH3 is 1. The number of carbonyl (C=O) groups is 2. The van der Waals surface area contributed by atoms with Crippen molar-refractivity contribution in [2.75, 3.05) is 26.9 Å². The minimum absolute atomic E-state index is 0.0798. The molecule has 1 aliphatic rings. The van der Waals surface area contributed by atoms with Gasteiger partial charge in [0, 0.05) is 36.6 Å². The number of nitro benzene ring substituents is 1. The van der Waals surface area contributed by atoms with E-state index >= 15 is 0 Å². The van der Waals surface area contributed by atoms with Crippen LogP contribution in [0, 0.1) is 10.1 Å². The Morgan fingerprint density at radius 1 is 1.02 bits per heavy atom. The summed E-state index contributed by atoms with van der Waals surface area (Å²) in [6.45, 7) is 4.17. The molecule has 214 valence electrons. The standard InChI is InChI=1S/C30H36N2O8/c1-4-25-28(30(35)40-18-8-17-39-24-14-12-21(13-15-24)9-5-6-16-33)27(26(20(2)31-25)29(34)38-3)22-10-7-11-23(19-22)32(36)37/h7,10-15,19,27,31,33H,4-6,8-9,16-18H2,1-3H3. The number of benzene rings is 2. The fourth-order valence-corrected chi connectivity index (χ4v) is 4.63. The number of aryl methyl sites for hydroxylation is 1. The lowest BCUT2D eigenvalue weighted by atomic mass is 9.79. The fourth-order valence-electron chi connectivity index (χ4n) is 4.63.